The molecular formula is C49H66N2O12Si. The van der Waals surface area contributed by atoms with Gasteiger partial charge < -0.3 is 38.3 Å². The molecule has 5 atom stereocenters. The molecule has 1 N–H and O–H groups in total. The number of anilines is 1. The molecule has 0 saturated carbocycles. The fourth-order valence-electron chi connectivity index (χ4n) is 6.78. The highest BCUT2D eigenvalue weighted by Gasteiger charge is 2.53. The molecule has 1 aliphatic rings. The van der Waals surface area contributed by atoms with Gasteiger partial charge in [-0.15, -0.1) is 0 Å². The third-order valence-electron chi connectivity index (χ3n) is 10.8. The zero-order valence-corrected chi connectivity index (χ0v) is 40.1. The lowest BCUT2D eigenvalue weighted by Crippen LogP contribution is -2.65. The van der Waals surface area contributed by atoms with Gasteiger partial charge in [0.05, 0.1) is 36.6 Å². The Morgan fingerprint density at radius 2 is 1.23 bits per heavy atom. The molecule has 64 heavy (non-hydrogen) atoms. The fourth-order valence-corrected chi connectivity index (χ4v) is 9.55. The van der Waals surface area contributed by atoms with Gasteiger partial charge in [0.1, 0.15) is 6.04 Å². The molecule has 2 amide bonds. The van der Waals surface area contributed by atoms with E-state index in [1.165, 1.54) is 7.11 Å². The van der Waals surface area contributed by atoms with Gasteiger partial charge in [0.25, 0.3) is 8.32 Å². The van der Waals surface area contributed by atoms with E-state index in [0.29, 0.717) is 24.1 Å². The Bertz CT molecular complexity index is 2020. The van der Waals surface area contributed by atoms with Crippen molar-refractivity contribution in [3.63, 3.8) is 0 Å². The molecule has 1 heterocycles. The first-order valence-electron chi connectivity index (χ1n) is 21.7. The van der Waals surface area contributed by atoms with Crippen LogP contribution in [0.3, 0.4) is 0 Å². The quantitative estimate of drug-likeness (QED) is 0.0496. The number of benzene rings is 3. The van der Waals surface area contributed by atoms with Crippen LogP contribution in [0.25, 0.3) is 0 Å². The number of esters is 4. The first-order valence-corrected chi connectivity index (χ1v) is 24.1. The molecule has 1 aliphatic heterocycles. The number of amides is 2. The van der Waals surface area contributed by atoms with Gasteiger partial charge in [0, 0.05) is 17.7 Å². The summed E-state index contributed by atoms with van der Waals surface area (Å²) in [6.07, 6.45) is -4.68. The predicted octanol–water partition coefficient (Wildman–Crippen LogP) is 6.32. The van der Waals surface area contributed by atoms with Crippen LogP contribution in [-0.4, -0.2) is 93.7 Å². The molecule has 0 unspecified atom stereocenters. The Balaban J connectivity index is 1.76. The lowest BCUT2D eigenvalue weighted by atomic mass is 9.94. The molecule has 14 nitrogen and oxygen atoms in total. The van der Waals surface area contributed by atoms with Gasteiger partial charge in [-0.25, -0.2) is 0 Å². The Morgan fingerprint density at radius 1 is 0.734 bits per heavy atom. The minimum Gasteiger partial charge on any atom is -0.469 e. The summed E-state index contributed by atoms with van der Waals surface area (Å²) in [5, 5.41) is 5.15. The minimum atomic E-state index is -2.77. The van der Waals surface area contributed by atoms with Crippen LogP contribution in [0, 0.1) is 16.2 Å². The zero-order valence-electron chi connectivity index (χ0n) is 39.1. The van der Waals surface area contributed by atoms with Crippen LogP contribution in [0.1, 0.15) is 93.6 Å². The lowest BCUT2D eigenvalue weighted by Gasteiger charge is -2.46. The van der Waals surface area contributed by atoms with Crippen molar-refractivity contribution in [3.8, 4) is 0 Å². The monoisotopic (exact) mass is 902 g/mol. The number of nitrogens with zero attached hydrogens (tertiary/aromatic N) is 1. The molecule has 15 heteroatoms. The molecule has 3 aromatic carbocycles. The van der Waals surface area contributed by atoms with Crippen LogP contribution in [0.2, 0.25) is 6.55 Å². The van der Waals surface area contributed by atoms with Gasteiger partial charge in [-0.05, 0) is 98.1 Å². The standard InChI is InChI=1S/C49H66N2O12Si/c1-47(2,3)44(55)61-38-31-59-43(41(63-46(57)49(7,8)9)40(38)62-45(56)48(4,5)6)51(32-52)37(28-20-21-29-39(53)58-10)42(54)50-36-27-19-18-22-33(36)30-60-64(11,34-23-14-12-15-24-34)35-25-16-13-17-26-35/h12-19,22-27,32,37-38,40-41,43H,20-21,28-31H2,1-11H3,(H,50,54)/t37-,38+,40+,41-,43-/m0/s1. The number of unbranched alkanes of at least 4 members (excludes halogenated alkanes) is 1. The molecular weight excluding hydrogens is 837 g/mol. The highest BCUT2D eigenvalue weighted by Crippen LogP contribution is 2.33. The van der Waals surface area contributed by atoms with Gasteiger partial charge >= 0.3 is 23.9 Å². The average molecular weight is 903 g/mol. The number of hydrogen-bond donors (Lipinski definition) is 1. The molecule has 1 saturated heterocycles. The van der Waals surface area contributed by atoms with E-state index >= 15 is 0 Å². The van der Waals surface area contributed by atoms with Crippen molar-refractivity contribution in [2.45, 2.75) is 132 Å². The second-order valence-electron chi connectivity index (χ2n) is 19.2. The molecule has 0 aromatic heterocycles. The van der Waals surface area contributed by atoms with Crippen LogP contribution in [-0.2, 0) is 63.5 Å². The number of methoxy groups -OCH3 is 1. The van der Waals surface area contributed by atoms with Crippen molar-refractivity contribution in [1.29, 1.82) is 0 Å². The van der Waals surface area contributed by atoms with Crippen LogP contribution >= 0.6 is 0 Å². The van der Waals surface area contributed by atoms with E-state index in [-0.39, 0.29) is 32.5 Å². The summed E-state index contributed by atoms with van der Waals surface area (Å²) in [5.41, 5.74) is -1.99. The van der Waals surface area contributed by atoms with E-state index in [2.05, 4.69) is 36.1 Å². The van der Waals surface area contributed by atoms with Crippen molar-refractivity contribution >= 4 is 60.6 Å². The Morgan fingerprint density at radius 3 is 1.75 bits per heavy atom. The smallest absolute Gasteiger partial charge is 0.311 e. The summed E-state index contributed by atoms with van der Waals surface area (Å²) in [6, 6.07) is 25.9. The number of carbonyl (C=O) groups is 6. The highest BCUT2D eigenvalue weighted by atomic mass is 28.4. The molecule has 0 aliphatic carbocycles. The number of hydrogen-bond acceptors (Lipinski definition) is 12. The van der Waals surface area contributed by atoms with E-state index < -0.39 is 84.9 Å². The normalized spacial score (nSPS) is 18.5. The lowest BCUT2D eigenvalue weighted by molar-refractivity contribution is -0.256. The van der Waals surface area contributed by atoms with E-state index in [0.717, 1.165) is 15.3 Å². The van der Waals surface area contributed by atoms with Crippen molar-refractivity contribution in [2.24, 2.45) is 16.2 Å². The summed E-state index contributed by atoms with van der Waals surface area (Å²) in [7, 11) is -1.49. The Kier molecular flexibility index (Phi) is 17.6. The van der Waals surface area contributed by atoms with Crippen molar-refractivity contribution in [3.05, 3.63) is 90.5 Å². The van der Waals surface area contributed by atoms with Crippen molar-refractivity contribution in [1.82, 2.24) is 4.90 Å². The van der Waals surface area contributed by atoms with Crippen molar-refractivity contribution < 1.29 is 56.9 Å². The van der Waals surface area contributed by atoms with E-state index in [1.807, 2.05) is 48.5 Å². The van der Waals surface area contributed by atoms with Crippen LogP contribution in [0.15, 0.2) is 84.9 Å². The van der Waals surface area contributed by atoms with E-state index in [1.54, 1.807) is 74.4 Å². The van der Waals surface area contributed by atoms with Gasteiger partial charge in [0.15, 0.2) is 24.5 Å². The Labute approximate surface area is 378 Å². The molecule has 1 fully saturated rings. The number of ether oxygens (including phenoxy) is 5. The summed E-state index contributed by atoms with van der Waals surface area (Å²) in [6.45, 7) is 16.6. The second kappa shape index (κ2) is 22.0. The van der Waals surface area contributed by atoms with Crippen LogP contribution < -0.4 is 15.7 Å². The summed E-state index contributed by atoms with van der Waals surface area (Å²) in [4.78, 5) is 82.1. The molecule has 0 spiro atoms. The molecule has 0 bridgehead atoms. The maximum Gasteiger partial charge on any atom is 0.311 e. The predicted molar refractivity (Wildman–Crippen MR) is 244 cm³/mol. The topological polar surface area (TPSA) is 173 Å². The number of rotatable bonds is 18. The number of carbonyl (C=O) groups excluding carboxylic acids is 6. The second-order valence-corrected chi connectivity index (χ2v) is 22.8. The number of para-hydroxylation sites is 1. The third kappa shape index (κ3) is 13.6. The maximum atomic E-state index is 14.8. The third-order valence-corrected chi connectivity index (χ3v) is 14.4. The van der Waals surface area contributed by atoms with Gasteiger partial charge in [-0.1, -0.05) is 85.3 Å². The summed E-state index contributed by atoms with van der Waals surface area (Å²) < 4.78 is 36.1. The van der Waals surface area contributed by atoms with E-state index in [9.17, 15) is 28.8 Å². The summed E-state index contributed by atoms with van der Waals surface area (Å²) in [5.74, 6) is -3.11. The molecule has 4 rings (SSSR count). The number of nitrogens with one attached hydrogen (secondary N) is 1. The molecule has 0 radical (unpaired) electrons. The molecule has 348 valence electrons. The van der Waals surface area contributed by atoms with Crippen LogP contribution in [0.4, 0.5) is 5.69 Å². The first kappa shape index (κ1) is 51.3. The minimum absolute atomic E-state index is 0.0297. The highest BCUT2D eigenvalue weighted by molar-refractivity contribution is 6.96. The van der Waals surface area contributed by atoms with Crippen molar-refractivity contribution in [2.75, 3.05) is 19.0 Å². The van der Waals surface area contributed by atoms with Gasteiger partial charge in [-0.2, -0.15) is 0 Å². The fraction of sp³-hybridized carbons (Fsp3) is 0.510. The Hall–Kier alpha value is -5.38. The average Bonchev–Trinajstić information content (AvgIpc) is 3.25. The first-order chi connectivity index (χ1) is 30.0. The largest absolute Gasteiger partial charge is 0.469 e. The zero-order chi connectivity index (χ0) is 47.5. The maximum absolute atomic E-state index is 14.8. The summed E-state index contributed by atoms with van der Waals surface area (Å²) >= 11 is 0. The SMILES string of the molecule is COC(=O)CCCC[C@@H](C(=O)Nc1ccccc1CO[Si](C)(c1ccccc1)c1ccccc1)N(C=O)[C@H]1OC[C@@H](OC(=O)C(C)(C)C)[C@@H](OC(=O)C(C)(C)C)[C@@H]1OC(=O)C(C)(C)C. The molecule has 3 aromatic rings. The van der Waals surface area contributed by atoms with E-state index in [4.69, 9.17) is 28.1 Å². The van der Waals surface area contributed by atoms with Crippen LogP contribution in [0.5, 0.6) is 0 Å². The van der Waals surface area contributed by atoms with Gasteiger partial charge in [0.2, 0.25) is 12.3 Å². The van der Waals surface area contributed by atoms with Gasteiger partial charge in [-0.3, -0.25) is 28.8 Å².